The van der Waals surface area contributed by atoms with Crippen molar-refractivity contribution in [3.63, 3.8) is 0 Å². The molecule has 1 aliphatic heterocycles. The van der Waals surface area contributed by atoms with E-state index in [4.69, 9.17) is 16.3 Å². The lowest BCUT2D eigenvalue weighted by molar-refractivity contribution is 0.0673. The van der Waals surface area contributed by atoms with Gasteiger partial charge >= 0.3 is 0 Å². The van der Waals surface area contributed by atoms with Crippen LogP contribution in [-0.4, -0.2) is 46.5 Å². The van der Waals surface area contributed by atoms with E-state index in [9.17, 15) is 4.79 Å². The van der Waals surface area contributed by atoms with Gasteiger partial charge in [0.2, 0.25) is 5.88 Å². The van der Waals surface area contributed by atoms with Crippen LogP contribution in [0.1, 0.15) is 17.3 Å². The van der Waals surface area contributed by atoms with Crippen LogP contribution in [0.2, 0.25) is 5.02 Å². The van der Waals surface area contributed by atoms with Gasteiger partial charge in [0.25, 0.3) is 5.91 Å². The zero-order valence-corrected chi connectivity index (χ0v) is 16.8. The summed E-state index contributed by atoms with van der Waals surface area (Å²) in [6, 6.07) is 18.4. The topological polar surface area (TPSA) is 58.6 Å². The fourth-order valence-corrected chi connectivity index (χ4v) is 3.60. The summed E-state index contributed by atoms with van der Waals surface area (Å²) in [5.74, 6) is 1.91. The van der Waals surface area contributed by atoms with Crippen molar-refractivity contribution in [2.45, 2.75) is 13.0 Å². The molecule has 6 nitrogen and oxygen atoms in total. The van der Waals surface area contributed by atoms with Crippen molar-refractivity contribution in [1.29, 1.82) is 0 Å². The Morgan fingerprint density at radius 3 is 2.66 bits per heavy atom. The van der Waals surface area contributed by atoms with E-state index >= 15 is 0 Å². The number of amides is 1. The number of carbonyl (C=O) groups is 1. The van der Waals surface area contributed by atoms with Crippen molar-refractivity contribution in [3.8, 4) is 11.6 Å². The van der Waals surface area contributed by atoms with Crippen LogP contribution in [0.4, 0.5) is 5.82 Å². The summed E-state index contributed by atoms with van der Waals surface area (Å²) in [4.78, 5) is 25.4. The molecule has 148 valence electrons. The van der Waals surface area contributed by atoms with Gasteiger partial charge in [-0.3, -0.25) is 4.79 Å². The Morgan fingerprint density at radius 2 is 1.90 bits per heavy atom. The molecule has 1 aliphatic rings. The second-order valence-electron chi connectivity index (χ2n) is 6.93. The van der Waals surface area contributed by atoms with Gasteiger partial charge in [0.05, 0.1) is 0 Å². The van der Waals surface area contributed by atoms with Gasteiger partial charge < -0.3 is 14.5 Å². The van der Waals surface area contributed by atoms with Crippen LogP contribution in [0.15, 0.2) is 67.0 Å². The van der Waals surface area contributed by atoms with Crippen LogP contribution in [0, 0.1) is 0 Å². The predicted molar refractivity (Wildman–Crippen MR) is 113 cm³/mol. The number of ether oxygens (including phenoxy) is 1. The standard InChI is InChI=1S/C22H21ClN4O2/c1-16-14-26(10-11-27(16)22(28)17-6-3-2-4-7-17)20-13-21(25-15-24-20)29-19-9-5-8-18(23)12-19/h2-9,12-13,15-16H,10-11,14H2,1H3. The average molecular weight is 409 g/mol. The molecule has 0 spiro atoms. The zero-order valence-electron chi connectivity index (χ0n) is 16.0. The van der Waals surface area contributed by atoms with Crippen LogP contribution in [0.5, 0.6) is 11.6 Å². The minimum Gasteiger partial charge on any atom is -0.439 e. The third kappa shape index (κ3) is 4.49. The van der Waals surface area contributed by atoms with Crippen molar-refractivity contribution in [2.75, 3.05) is 24.5 Å². The molecule has 1 fully saturated rings. The number of benzene rings is 2. The highest BCUT2D eigenvalue weighted by atomic mass is 35.5. The summed E-state index contributed by atoms with van der Waals surface area (Å²) < 4.78 is 5.81. The first-order valence-electron chi connectivity index (χ1n) is 9.46. The number of nitrogens with zero attached hydrogens (tertiary/aromatic N) is 4. The normalized spacial score (nSPS) is 16.6. The van der Waals surface area contributed by atoms with Gasteiger partial charge in [-0.05, 0) is 37.3 Å². The molecule has 0 saturated carbocycles. The Balaban J connectivity index is 1.44. The van der Waals surface area contributed by atoms with Crippen LogP contribution in [-0.2, 0) is 0 Å². The number of carbonyl (C=O) groups excluding carboxylic acids is 1. The third-order valence-corrected chi connectivity index (χ3v) is 5.11. The Labute approximate surface area is 174 Å². The Morgan fingerprint density at radius 1 is 1.07 bits per heavy atom. The molecule has 0 aliphatic carbocycles. The maximum Gasteiger partial charge on any atom is 0.254 e. The highest BCUT2D eigenvalue weighted by Gasteiger charge is 2.28. The van der Waals surface area contributed by atoms with Gasteiger partial charge in [0, 0.05) is 42.3 Å². The Kier molecular flexibility index (Phi) is 5.62. The molecule has 29 heavy (non-hydrogen) atoms. The molecule has 1 saturated heterocycles. The summed E-state index contributed by atoms with van der Waals surface area (Å²) in [6.45, 7) is 4.06. The summed E-state index contributed by atoms with van der Waals surface area (Å²) in [5, 5.41) is 0.602. The first-order chi connectivity index (χ1) is 14.1. The highest BCUT2D eigenvalue weighted by molar-refractivity contribution is 6.30. The largest absolute Gasteiger partial charge is 0.439 e. The molecule has 1 amide bonds. The predicted octanol–water partition coefficient (Wildman–Crippen LogP) is 4.27. The van der Waals surface area contributed by atoms with Crippen LogP contribution in [0.25, 0.3) is 0 Å². The first-order valence-corrected chi connectivity index (χ1v) is 9.84. The van der Waals surface area contributed by atoms with E-state index in [0.29, 0.717) is 41.8 Å². The van der Waals surface area contributed by atoms with E-state index in [2.05, 4.69) is 21.8 Å². The smallest absolute Gasteiger partial charge is 0.254 e. The summed E-state index contributed by atoms with van der Waals surface area (Å²) in [5.41, 5.74) is 0.715. The van der Waals surface area contributed by atoms with Gasteiger partial charge in [-0.15, -0.1) is 0 Å². The van der Waals surface area contributed by atoms with E-state index < -0.39 is 0 Å². The van der Waals surface area contributed by atoms with Crippen molar-refractivity contribution in [1.82, 2.24) is 14.9 Å². The summed E-state index contributed by atoms with van der Waals surface area (Å²) in [7, 11) is 0. The summed E-state index contributed by atoms with van der Waals surface area (Å²) in [6.07, 6.45) is 1.49. The van der Waals surface area contributed by atoms with Crippen molar-refractivity contribution in [3.05, 3.63) is 77.6 Å². The molecular formula is C22H21ClN4O2. The van der Waals surface area contributed by atoms with Crippen LogP contribution < -0.4 is 9.64 Å². The van der Waals surface area contributed by atoms with Gasteiger partial charge in [0.15, 0.2) is 0 Å². The second kappa shape index (κ2) is 8.49. The van der Waals surface area contributed by atoms with E-state index in [0.717, 1.165) is 5.82 Å². The molecule has 4 rings (SSSR count). The van der Waals surface area contributed by atoms with Gasteiger partial charge in [-0.1, -0.05) is 35.9 Å². The quantitative estimate of drug-likeness (QED) is 0.645. The number of anilines is 1. The highest BCUT2D eigenvalue weighted by Crippen LogP contribution is 2.26. The molecule has 2 aromatic carbocycles. The maximum atomic E-state index is 12.8. The fraction of sp³-hybridized carbons (Fsp3) is 0.227. The van der Waals surface area contributed by atoms with Gasteiger partial charge in [0.1, 0.15) is 17.9 Å². The van der Waals surface area contributed by atoms with Gasteiger partial charge in [-0.2, -0.15) is 0 Å². The number of hydrogen-bond donors (Lipinski definition) is 0. The van der Waals surface area contributed by atoms with E-state index in [1.807, 2.05) is 53.4 Å². The number of hydrogen-bond acceptors (Lipinski definition) is 5. The molecule has 0 bridgehead atoms. The molecule has 7 heteroatoms. The van der Waals surface area contributed by atoms with Crippen molar-refractivity contribution >= 4 is 23.3 Å². The van der Waals surface area contributed by atoms with Crippen molar-refractivity contribution < 1.29 is 9.53 Å². The van der Waals surface area contributed by atoms with E-state index in [1.54, 1.807) is 12.1 Å². The zero-order chi connectivity index (χ0) is 20.2. The Hall–Kier alpha value is -3.12. The van der Waals surface area contributed by atoms with Crippen molar-refractivity contribution in [2.24, 2.45) is 0 Å². The average Bonchev–Trinajstić information content (AvgIpc) is 2.74. The number of piperazine rings is 1. The molecule has 1 aromatic heterocycles. The number of rotatable bonds is 4. The van der Waals surface area contributed by atoms with E-state index in [-0.39, 0.29) is 11.9 Å². The van der Waals surface area contributed by atoms with Crippen LogP contribution >= 0.6 is 11.6 Å². The molecule has 0 N–H and O–H groups in total. The number of aromatic nitrogens is 2. The monoisotopic (exact) mass is 408 g/mol. The summed E-state index contributed by atoms with van der Waals surface area (Å²) >= 11 is 6.01. The van der Waals surface area contributed by atoms with Gasteiger partial charge in [-0.25, -0.2) is 9.97 Å². The SMILES string of the molecule is CC1CN(c2cc(Oc3cccc(Cl)c3)ncn2)CCN1C(=O)c1ccccc1. The molecule has 2 heterocycles. The molecule has 1 atom stereocenters. The Bertz CT molecular complexity index is 999. The fourth-order valence-electron chi connectivity index (χ4n) is 3.42. The molecular weight excluding hydrogens is 388 g/mol. The third-order valence-electron chi connectivity index (χ3n) is 4.88. The molecule has 3 aromatic rings. The lowest BCUT2D eigenvalue weighted by atomic mass is 10.1. The minimum atomic E-state index is 0.0590. The number of halogens is 1. The first kappa shape index (κ1) is 19.2. The minimum absolute atomic E-state index is 0.0590. The van der Waals surface area contributed by atoms with Crippen LogP contribution in [0.3, 0.4) is 0 Å². The lowest BCUT2D eigenvalue weighted by Gasteiger charge is -2.40. The molecule has 0 radical (unpaired) electrons. The lowest BCUT2D eigenvalue weighted by Crippen LogP contribution is -2.54. The maximum absolute atomic E-state index is 12.8. The van der Waals surface area contributed by atoms with E-state index in [1.165, 1.54) is 6.33 Å². The second-order valence-corrected chi connectivity index (χ2v) is 7.37. The molecule has 1 unspecified atom stereocenters.